The molecule has 2 rings (SSSR count). The lowest BCUT2D eigenvalue weighted by Crippen LogP contribution is -2.34. The molecule has 0 aliphatic carbocycles. The number of carbonyl (C=O) groups excluding carboxylic acids is 1. The Hall–Kier alpha value is -2.90. The van der Waals surface area contributed by atoms with E-state index < -0.39 is 0 Å². The summed E-state index contributed by atoms with van der Waals surface area (Å²) in [6.45, 7) is 7.37. The molecule has 148 valence electrons. The Morgan fingerprint density at radius 3 is 2.75 bits per heavy atom. The number of benzene rings is 2. The third kappa shape index (κ3) is 7.02. The summed E-state index contributed by atoms with van der Waals surface area (Å²) in [6.07, 6.45) is 1.67. The van der Waals surface area contributed by atoms with Crippen molar-refractivity contribution in [2.45, 2.75) is 6.92 Å². The maximum absolute atomic E-state index is 12.6. The number of thiocarbonyl (C=S) groups is 1. The molecule has 2 aromatic rings. The highest BCUT2D eigenvalue weighted by Gasteiger charge is 2.13. The van der Waals surface area contributed by atoms with E-state index in [2.05, 4.69) is 17.2 Å². The summed E-state index contributed by atoms with van der Waals surface area (Å²) >= 11 is 5.25. The first-order valence-corrected chi connectivity index (χ1v) is 9.30. The molecule has 0 saturated heterocycles. The van der Waals surface area contributed by atoms with Crippen molar-refractivity contribution < 1.29 is 19.0 Å². The van der Waals surface area contributed by atoms with Gasteiger partial charge in [-0.3, -0.25) is 10.1 Å². The lowest BCUT2D eigenvalue weighted by molar-refractivity contribution is 0.0958. The van der Waals surface area contributed by atoms with E-state index in [1.807, 2.05) is 25.1 Å². The van der Waals surface area contributed by atoms with Gasteiger partial charge in [-0.15, -0.1) is 0 Å². The normalized spacial score (nSPS) is 10.0. The van der Waals surface area contributed by atoms with E-state index >= 15 is 0 Å². The lowest BCUT2D eigenvalue weighted by atomic mass is 10.2. The van der Waals surface area contributed by atoms with Crippen molar-refractivity contribution >= 4 is 28.9 Å². The number of amides is 1. The number of carbonyl (C=O) groups is 1. The molecule has 28 heavy (non-hydrogen) atoms. The molecular weight excluding hydrogens is 376 g/mol. The maximum atomic E-state index is 12.6. The average Bonchev–Trinajstić information content (AvgIpc) is 2.70. The zero-order chi connectivity index (χ0) is 20.2. The Balaban J connectivity index is 1.95. The van der Waals surface area contributed by atoms with E-state index in [0.29, 0.717) is 49.2 Å². The topological polar surface area (TPSA) is 68.8 Å². The Bertz CT molecular complexity index is 810. The number of para-hydroxylation sites is 1. The second kappa shape index (κ2) is 11.7. The average molecular weight is 401 g/mol. The summed E-state index contributed by atoms with van der Waals surface area (Å²) < 4.78 is 16.4. The summed E-state index contributed by atoms with van der Waals surface area (Å²) in [4.78, 5) is 12.6. The third-order valence-electron chi connectivity index (χ3n) is 3.51. The molecule has 0 atom stereocenters. The Morgan fingerprint density at radius 1 is 1.14 bits per heavy atom. The molecule has 2 aromatic carbocycles. The molecule has 0 fully saturated rings. The standard InChI is InChI=1S/C21H24N2O4S/c1-3-12-26-17-9-7-8-16(15-17)22-21(28)23-20(24)18-10-5-6-11-19(18)27-14-13-25-4-2/h3,5-11,15H,1,4,12-14H2,2H3,(H2,22,23,24,28). The fourth-order valence-corrected chi connectivity index (χ4v) is 2.50. The van der Waals surface area contributed by atoms with E-state index in [1.165, 1.54) is 0 Å². The highest BCUT2D eigenvalue weighted by Crippen LogP contribution is 2.19. The van der Waals surface area contributed by atoms with Crippen molar-refractivity contribution in [3.8, 4) is 11.5 Å². The molecule has 0 saturated carbocycles. The van der Waals surface area contributed by atoms with E-state index in [9.17, 15) is 4.79 Å². The van der Waals surface area contributed by atoms with E-state index in [0.717, 1.165) is 0 Å². The van der Waals surface area contributed by atoms with Crippen LogP contribution in [0.5, 0.6) is 11.5 Å². The molecule has 0 unspecified atom stereocenters. The summed E-state index contributed by atoms with van der Waals surface area (Å²) in [5.41, 5.74) is 1.10. The first-order valence-electron chi connectivity index (χ1n) is 8.89. The van der Waals surface area contributed by atoms with Crippen LogP contribution < -0.4 is 20.1 Å². The van der Waals surface area contributed by atoms with Crippen molar-refractivity contribution in [3.05, 3.63) is 66.7 Å². The van der Waals surface area contributed by atoms with Gasteiger partial charge in [0.15, 0.2) is 5.11 Å². The number of anilines is 1. The number of nitrogens with one attached hydrogen (secondary N) is 2. The number of hydrogen-bond donors (Lipinski definition) is 2. The quantitative estimate of drug-likeness (QED) is 0.359. The van der Waals surface area contributed by atoms with Crippen LogP contribution in [-0.4, -0.2) is 37.4 Å². The second-order valence-corrected chi connectivity index (χ2v) is 5.99. The molecule has 0 radical (unpaired) electrons. The van der Waals surface area contributed by atoms with Crippen LogP contribution in [0.15, 0.2) is 61.2 Å². The van der Waals surface area contributed by atoms with Gasteiger partial charge in [-0.05, 0) is 43.4 Å². The smallest absolute Gasteiger partial charge is 0.261 e. The monoisotopic (exact) mass is 400 g/mol. The third-order valence-corrected chi connectivity index (χ3v) is 3.71. The highest BCUT2D eigenvalue weighted by molar-refractivity contribution is 7.80. The van der Waals surface area contributed by atoms with Crippen LogP contribution in [0, 0.1) is 0 Å². The minimum Gasteiger partial charge on any atom is -0.490 e. The molecule has 0 heterocycles. The number of hydrogen-bond acceptors (Lipinski definition) is 5. The second-order valence-electron chi connectivity index (χ2n) is 5.58. The zero-order valence-electron chi connectivity index (χ0n) is 15.8. The lowest BCUT2D eigenvalue weighted by Gasteiger charge is -2.13. The van der Waals surface area contributed by atoms with Gasteiger partial charge in [0.05, 0.1) is 12.2 Å². The molecule has 6 nitrogen and oxygen atoms in total. The van der Waals surface area contributed by atoms with Gasteiger partial charge in [-0.25, -0.2) is 0 Å². The summed E-state index contributed by atoms with van der Waals surface area (Å²) in [6, 6.07) is 14.2. The Labute approximate surface area is 170 Å². The zero-order valence-corrected chi connectivity index (χ0v) is 16.6. The maximum Gasteiger partial charge on any atom is 0.261 e. The Kier molecular flexibility index (Phi) is 8.97. The molecule has 0 aromatic heterocycles. The molecular formula is C21H24N2O4S. The van der Waals surface area contributed by atoms with E-state index in [-0.39, 0.29) is 11.0 Å². The molecule has 0 aliphatic heterocycles. The van der Waals surface area contributed by atoms with Crippen LogP contribution in [-0.2, 0) is 4.74 Å². The SMILES string of the molecule is C=CCOc1cccc(NC(=S)NC(=O)c2ccccc2OCCOCC)c1. The van der Waals surface area contributed by atoms with Gasteiger partial charge in [0.25, 0.3) is 5.91 Å². The van der Waals surface area contributed by atoms with Crippen LogP contribution in [0.4, 0.5) is 5.69 Å². The van der Waals surface area contributed by atoms with Crippen molar-refractivity contribution in [3.63, 3.8) is 0 Å². The van der Waals surface area contributed by atoms with Crippen LogP contribution in [0.2, 0.25) is 0 Å². The Morgan fingerprint density at radius 2 is 1.96 bits per heavy atom. The largest absolute Gasteiger partial charge is 0.490 e. The highest BCUT2D eigenvalue weighted by atomic mass is 32.1. The van der Waals surface area contributed by atoms with Gasteiger partial charge in [-0.1, -0.05) is 30.9 Å². The minimum atomic E-state index is -0.358. The van der Waals surface area contributed by atoms with Gasteiger partial charge in [-0.2, -0.15) is 0 Å². The van der Waals surface area contributed by atoms with Gasteiger partial charge >= 0.3 is 0 Å². The summed E-state index contributed by atoms with van der Waals surface area (Å²) in [5.74, 6) is 0.790. The van der Waals surface area contributed by atoms with Crippen LogP contribution in [0.3, 0.4) is 0 Å². The van der Waals surface area contributed by atoms with Crippen molar-refractivity contribution in [2.75, 3.05) is 31.7 Å². The van der Waals surface area contributed by atoms with Gasteiger partial charge in [0.1, 0.15) is 24.7 Å². The molecule has 0 aliphatic rings. The molecule has 0 bridgehead atoms. The first kappa shape index (κ1) is 21.4. The molecule has 7 heteroatoms. The first-order chi connectivity index (χ1) is 13.6. The number of rotatable bonds is 10. The fourth-order valence-electron chi connectivity index (χ4n) is 2.29. The van der Waals surface area contributed by atoms with Gasteiger partial charge < -0.3 is 19.5 Å². The van der Waals surface area contributed by atoms with Gasteiger partial charge in [0, 0.05) is 18.4 Å². The van der Waals surface area contributed by atoms with Gasteiger partial charge in [0.2, 0.25) is 0 Å². The molecule has 0 spiro atoms. The fraction of sp³-hybridized carbons (Fsp3) is 0.238. The predicted molar refractivity (Wildman–Crippen MR) is 114 cm³/mol. The summed E-state index contributed by atoms with van der Waals surface area (Å²) in [7, 11) is 0. The van der Waals surface area contributed by atoms with Crippen molar-refractivity contribution in [2.24, 2.45) is 0 Å². The van der Waals surface area contributed by atoms with Crippen molar-refractivity contribution in [1.82, 2.24) is 5.32 Å². The van der Waals surface area contributed by atoms with Crippen molar-refractivity contribution in [1.29, 1.82) is 0 Å². The predicted octanol–water partition coefficient (Wildman–Crippen LogP) is 3.79. The summed E-state index contributed by atoms with van der Waals surface area (Å²) in [5, 5.41) is 5.81. The van der Waals surface area contributed by atoms with E-state index in [1.54, 1.807) is 36.4 Å². The molecule has 1 amide bonds. The van der Waals surface area contributed by atoms with Crippen LogP contribution >= 0.6 is 12.2 Å². The number of ether oxygens (including phenoxy) is 3. The van der Waals surface area contributed by atoms with E-state index in [4.69, 9.17) is 26.4 Å². The molecule has 2 N–H and O–H groups in total. The minimum absolute atomic E-state index is 0.176. The van der Waals surface area contributed by atoms with Crippen LogP contribution in [0.25, 0.3) is 0 Å². The van der Waals surface area contributed by atoms with Crippen LogP contribution in [0.1, 0.15) is 17.3 Å².